The Balaban J connectivity index is 0. The van der Waals surface area contributed by atoms with Gasteiger partial charge in [0.25, 0.3) is 0 Å². The van der Waals surface area contributed by atoms with Crippen LogP contribution in [0, 0.1) is 0 Å². The van der Waals surface area contributed by atoms with E-state index < -0.39 is 18.5 Å². The Morgan fingerprint density at radius 3 is 2.21 bits per heavy atom. The first-order valence-electron chi connectivity index (χ1n) is 4.48. The zero-order valence-corrected chi connectivity index (χ0v) is 12.7. The number of ether oxygens (including phenoxy) is 1. The van der Waals surface area contributed by atoms with Crippen molar-refractivity contribution in [1.29, 1.82) is 0 Å². The molecule has 0 spiro atoms. The smallest absolute Gasteiger partial charge is 0.546 e. The standard InChI is InChI=1S/C8H6Cl2O3.C3H4O2.Mg/c9-5-1-2-7(6(10)3-5)13-4-8(11)12;1-2-3(4)5;/h1-3H,4H2,(H,11,12);2H,1H2,(H,4,5);/q;;+2/p-2. The summed E-state index contributed by atoms with van der Waals surface area (Å²) in [5, 5.41) is 19.9. The van der Waals surface area contributed by atoms with Crippen molar-refractivity contribution in [1.82, 2.24) is 0 Å². The maximum Gasteiger partial charge on any atom is 2.00 e. The molecule has 0 aliphatic carbocycles. The first-order chi connectivity index (χ1) is 8.36. The summed E-state index contributed by atoms with van der Waals surface area (Å²) in [5.41, 5.74) is 0. The van der Waals surface area contributed by atoms with Crippen molar-refractivity contribution in [3.8, 4) is 5.75 Å². The van der Waals surface area contributed by atoms with Gasteiger partial charge < -0.3 is 24.5 Å². The molecule has 0 atom stereocenters. The summed E-state index contributed by atoms with van der Waals surface area (Å²) < 4.78 is 4.80. The number of halogens is 2. The van der Waals surface area contributed by atoms with E-state index in [0.29, 0.717) is 5.02 Å². The molecule has 8 heteroatoms. The van der Waals surface area contributed by atoms with Gasteiger partial charge in [0, 0.05) is 5.02 Å². The van der Waals surface area contributed by atoms with Crippen molar-refractivity contribution >= 4 is 58.2 Å². The van der Waals surface area contributed by atoms with Crippen LogP contribution >= 0.6 is 23.2 Å². The number of carboxylic acids is 2. The Morgan fingerprint density at radius 1 is 1.32 bits per heavy atom. The molecule has 1 aromatic carbocycles. The summed E-state index contributed by atoms with van der Waals surface area (Å²) >= 11 is 11.3. The Hall–Kier alpha value is -0.954. The van der Waals surface area contributed by atoms with Gasteiger partial charge in [-0.05, 0) is 24.3 Å². The predicted octanol–water partition coefficient (Wildman–Crippen LogP) is -0.336. The molecule has 5 nitrogen and oxygen atoms in total. The molecular weight excluding hydrogens is 307 g/mol. The van der Waals surface area contributed by atoms with Crippen LogP contribution in [0.2, 0.25) is 10.0 Å². The minimum atomic E-state index is -1.30. The monoisotopic (exact) mass is 314 g/mol. The molecule has 0 saturated heterocycles. The molecule has 0 saturated carbocycles. The zero-order chi connectivity index (χ0) is 14.1. The molecule has 0 bridgehead atoms. The minimum Gasteiger partial charge on any atom is -0.546 e. The van der Waals surface area contributed by atoms with E-state index in [1.165, 1.54) is 12.1 Å². The fraction of sp³-hybridized carbons (Fsp3) is 0.0909. The average molecular weight is 315 g/mol. The van der Waals surface area contributed by atoms with Crippen LogP contribution in [0.15, 0.2) is 30.9 Å². The van der Waals surface area contributed by atoms with Crippen molar-refractivity contribution in [3.63, 3.8) is 0 Å². The van der Waals surface area contributed by atoms with E-state index in [1.54, 1.807) is 6.07 Å². The summed E-state index contributed by atoms with van der Waals surface area (Å²) in [6, 6.07) is 4.51. The van der Waals surface area contributed by atoms with Crippen LogP contribution in [-0.2, 0) is 9.59 Å². The molecule has 0 unspecified atom stereocenters. The molecule has 0 radical (unpaired) electrons. The second-order valence-corrected chi connectivity index (χ2v) is 3.60. The summed E-state index contributed by atoms with van der Waals surface area (Å²) in [7, 11) is 0. The minimum absolute atomic E-state index is 0. The van der Waals surface area contributed by atoms with Gasteiger partial charge in [-0.1, -0.05) is 29.8 Å². The number of rotatable bonds is 4. The van der Waals surface area contributed by atoms with Gasteiger partial charge in [0.15, 0.2) is 0 Å². The van der Waals surface area contributed by atoms with Gasteiger partial charge in [-0.2, -0.15) is 0 Å². The van der Waals surface area contributed by atoms with Crippen molar-refractivity contribution in [3.05, 3.63) is 40.9 Å². The Labute approximate surface area is 135 Å². The third kappa shape index (κ3) is 10.6. The van der Waals surface area contributed by atoms with E-state index in [2.05, 4.69) is 6.58 Å². The fourth-order valence-corrected chi connectivity index (χ4v) is 1.19. The number of hydrogen-bond acceptors (Lipinski definition) is 5. The van der Waals surface area contributed by atoms with Gasteiger partial charge in [-0.15, -0.1) is 0 Å². The molecule has 1 aromatic rings. The van der Waals surface area contributed by atoms with Crippen LogP contribution in [0.1, 0.15) is 0 Å². The van der Waals surface area contributed by atoms with Gasteiger partial charge in [0.05, 0.1) is 17.0 Å². The largest absolute Gasteiger partial charge is 2.00 e. The zero-order valence-electron chi connectivity index (χ0n) is 9.73. The van der Waals surface area contributed by atoms with E-state index in [1.807, 2.05) is 0 Å². The second-order valence-electron chi connectivity index (χ2n) is 2.76. The third-order valence-electron chi connectivity index (χ3n) is 1.41. The van der Waals surface area contributed by atoms with Crippen molar-refractivity contribution in [2.45, 2.75) is 0 Å². The number of hydrogen-bond donors (Lipinski definition) is 0. The summed E-state index contributed by atoms with van der Waals surface area (Å²) in [6.45, 7) is 2.37. The number of aliphatic carboxylic acids is 2. The van der Waals surface area contributed by atoms with E-state index in [4.69, 9.17) is 37.8 Å². The summed E-state index contributed by atoms with van der Waals surface area (Å²) in [4.78, 5) is 19.2. The molecule has 0 aromatic heterocycles. The van der Waals surface area contributed by atoms with Crippen LogP contribution in [0.5, 0.6) is 5.75 Å². The molecule has 0 fully saturated rings. The van der Waals surface area contributed by atoms with E-state index in [0.717, 1.165) is 6.08 Å². The normalized spacial score (nSPS) is 8.32. The third-order valence-corrected chi connectivity index (χ3v) is 1.94. The first-order valence-corrected chi connectivity index (χ1v) is 5.23. The molecule has 0 amide bonds. The van der Waals surface area contributed by atoms with Crippen LogP contribution in [0.25, 0.3) is 0 Å². The Bertz CT molecular complexity index is 451. The second kappa shape index (κ2) is 10.9. The molecule has 0 N–H and O–H groups in total. The van der Waals surface area contributed by atoms with Crippen LogP contribution < -0.4 is 14.9 Å². The van der Waals surface area contributed by atoms with E-state index in [-0.39, 0.29) is 33.8 Å². The van der Waals surface area contributed by atoms with Crippen LogP contribution in [0.4, 0.5) is 0 Å². The molecule has 0 aliphatic heterocycles. The Kier molecular flexibility index (Phi) is 11.7. The fourth-order valence-electron chi connectivity index (χ4n) is 0.729. The molecule has 0 heterocycles. The van der Waals surface area contributed by atoms with E-state index >= 15 is 0 Å². The van der Waals surface area contributed by atoms with Crippen molar-refractivity contribution in [2.24, 2.45) is 0 Å². The van der Waals surface area contributed by atoms with Crippen LogP contribution in [0.3, 0.4) is 0 Å². The molecule has 1 rings (SSSR count). The quantitative estimate of drug-likeness (QED) is 0.560. The van der Waals surface area contributed by atoms with Crippen molar-refractivity contribution < 1.29 is 24.5 Å². The maximum atomic E-state index is 10.0. The molecule has 19 heavy (non-hydrogen) atoms. The van der Waals surface area contributed by atoms with Crippen molar-refractivity contribution in [2.75, 3.05) is 6.61 Å². The average Bonchev–Trinajstić information content (AvgIpc) is 2.28. The molecular formula is C11H8Cl2MgO5. The van der Waals surface area contributed by atoms with Crippen LogP contribution in [-0.4, -0.2) is 41.6 Å². The summed E-state index contributed by atoms with van der Waals surface area (Å²) in [6.07, 6.45) is 0.722. The first kappa shape index (κ1) is 20.4. The van der Waals surface area contributed by atoms with Gasteiger partial charge in [-0.25, -0.2) is 0 Å². The maximum absolute atomic E-state index is 10.0. The molecule has 0 aliphatic rings. The van der Waals surface area contributed by atoms with E-state index in [9.17, 15) is 9.90 Å². The number of benzene rings is 1. The SMILES string of the molecule is C=CC(=O)[O-].O=C([O-])COc1ccc(Cl)cc1Cl.[Mg+2]. The van der Waals surface area contributed by atoms with Gasteiger partial charge in [0.1, 0.15) is 12.4 Å². The number of carbonyl (C=O) groups is 2. The van der Waals surface area contributed by atoms with Gasteiger partial charge in [0.2, 0.25) is 0 Å². The topological polar surface area (TPSA) is 89.5 Å². The Morgan fingerprint density at radius 2 is 1.84 bits per heavy atom. The number of carboxylic acid groups (broad SMARTS) is 2. The molecule has 98 valence electrons. The predicted molar refractivity (Wildman–Crippen MR) is 67.9 cm³/mol. The van der Waals surface area contributed by atoms with Gasteiger partial charge >= 0.3 is 23.1 Å². The number of carbonyl (C=O) groups excluding carboxylic acids is 2. The summed E-state index contributed by atoms with van der Waals surface area (Å²) in [5.74, 6) is -2.26. The van der Waals surface area contributed by atoms with Gasteiger partial charge in [-0.3, -0.25) is 0 Å².